The zero-order chi connectivity index (χ0) is 25.1. The third kappa shape index (κ3) is 4.72. The van der Waals surface area contributed by atoms with Crippen molar-refractivity contribution in [3.63, 3.8) is 0 Å². The van der Waals surface area contributed by atoms with Crippen LogP contribution in [0, 0.1) is 0 Å². The SMILES string of the molecule is CCOC(=O)C1=C(C)N=c2s/c(=C\c3ccc(O)c(OCC)c3)c(=O)n2[C@@H]1c1ccc(OC)cc1. The molecule has 0 saturated carbocycles. The minimum atomic E-state index is -0.697. The molecule has 35 heavy (non-hydrogen) atoms. The van der Waals surface area contributed by atoms with E-state index in [2.05, 4.69) is 4.99 Å². The summed E-state index contributed by atoms with van der Waals surface area (Å²) >= 11 is 1.23. The number of esters is 1. The third-order valence-corrected chi connectivity index (χ3v) is 6.51. The van der Waals surface area contributed by atoms with Gasteiger partial charge in [-0.25, -0.2) is 9.79 Å². The van der Waals surface area contributed by atoms with Gasteiger partial charge in [-0.15, -0.1) is 0 Å². The molecule has 2 aromatic carbocycles. The lowest BCUT2D eigenvalue weighted by atomic mass is 9.96. The van der Waals surface area contributed by atoms with Crippen molar-refractivity contribution in [1.82, 2.24) is 4.57 Å². The maximum absolute atomic E-state index is 13.6. The van der Waals surface area contributed by atoms with Crippen molar-refractivity contribution in [2.75, 3.05) is 20.3 Å². The molecule has 9 heteroatoms. The number of carbonyl (C=O) groups is 1. The standard InChI is InChI=1S/C26H26N2O6S/c1-5-33-20-13-16(7-12-19(20)29)14-21-24(30)28-23(17-8-10-18(32-4)11-9-17)22(25(31)34-6-2)15(3)27-26(28)35-21/h7-14,23,29H,5-6H2,1-4H3/b21-14-/t23-/m1/s1. The van der Waals surface area contributed by atoms with Crippen molar-refractivity contribution in [1.29, 1.82) is 0 Å². The zero-order valence-corrected chi connectivity index (χ0v) is 20.7. The second-order valence-corrected chi connectivity index (χ2v) is 8.74. The first-order chi connectivity index (χ1) is 16.9. The van der Waals surface area contributed by atoms with Crippen LogP contribution in [0.4, 0.5) is 0 Å². The first kappa shape index (κ1) is 24.3. The van der Waals surface area contributed by atoms with Crippen LogP contribution in [0.5, 0.6) is 17.2 Å². The monoisotopic (exact) mass is 494 g/mol. The van der Waals surface area contributed by atoms with E-state index in [0.717, 1.165) is 5.56 Å². The molecule has 0 spiro atoms. The highest BCUT2D eigenvalue weighted by Crippen LogP contribution is 2.32. The highest BCUT2D eigenvalue weighted by molar-refractivity contribution is 7.07. The van der Waals surface area contributed by atoms with Crippen LogP contribution in [0.2, 0.25) is 0 Å². The van der Waals surface area contributed by atoms with E-state index in [1.807, 2.05) is 19.1 Å². The normalized spacial score (nSPS) is 15.4. The molecule has 1 aromatic heterocycles. The van der Waals surface area contributed by atoms with Gasteiger partial charge in [0, 0.05) is 0 Å². The molecule has 1 aliphatic heterocycles. The zero-order valence-electron chi connectivity index (χ0n) is 19.9. The number of aromatic nitrogens is 1. The van der Waals surface area contributed by atoms with Crippen molar-refractivity contribution in [3.05, 3.63) is 84.5 Å². The van der Waals surface area contributed by atoms with Crippen molar-refractivity contribution in [2.45, 2.75) is 26.8 Å². The largest absolute Gasteiger partial charge is 0.504 e. The lowest BCUT2D eigenvalue weighted by molar-refractivity contribution is -0.139. The van der Waals surface area contributed by atoms with Crippen LogP contribution in [-0.2, 0) is 9.53 Å². The van der Waals surface area contributed by atoms with Gasteiger partial charge in [0.15, 0.2) is 16.3 Å². The van der Waals surface area contributed by atoms with Gasteiger partial charge >= 0.3 is 5.97 Å². The molecule has 0 aliphatic carbocycles. The number of hydrogen-bond acceptors (Lipinski definition) is 8. The maximum atomic E-state index is 13.6. The summed E-state index contributed by atoms with van der Waals surface area (Å²) in [5, 5.41) is 10.00. The fourth-order valence-corrected chi connectivity index (χ4v) is 4.98. The molecule has 0 bridgehead atoms. The number of nitrogens with zero attached hydrogens (tertiary/aromatic N) is 2. The highest BCUT2D eigenvalue weighted by atomic mass is 32.1. The summed E-state index contributed by atoms with van der Waals surface area (Å²) in [6.45, 7) is 5.91. The van der Waals surface area contributed by atoms with Gasteiger partial charge in [0.2, 0.25) is 0 Å². The summed E-state index contributed by atoms with van der Waals surface area (Å²) in [6, 6.07) is 11.4. The molecule has 0 fully saturated rings. The molecule has 2 heterocycles. The molecule has 0 saturated heterocycles. The number of thiazole rings is 1. The Bertz CT molecular complexity index is 1470. The summed E-state index contributed by atoms with van der Waals surface area (Å²) in [6.07, 6.45) is 1.72. The predicted molar refractivity (Wildman–Crippen MR) is 133 cm³/mol. The number of allylic oxidation sites excluding steroid dienone is 1. The van der Waals surface area contributed by atoms with E-state index in [9.17, 15) is 14.7 Å². The van der Waals surface area contributed by atoms with Crippen LogP contribution in [-0.4, -0.2) is 36.0 Å². The minimum Gasteiger partial charge on any atom is -0.504 e. The Kier molecular flexibility index (Phi) is 7.07. The average molecular weight is 495 g/mol. The Morgan fingerprint density at radius 3 is 2.57 bits per heavy atom. The molecule has 182 valence electrons. The number of phenolic OH excluding ortho intramolecular Hbond substituents is 1. The van der Waals surface area contributed by atoms with Gasteiger partial charge < -0.3 is 19.3 Å². The number of fused-ring (bicyclic) bond motifs is 1. The fourth-order valence-electron chi connectivity index (χ4n) is 3.94. The summed E-state index contributed by atoms with van der Waals surface area (Å²) in [7, 11) is 1.58. The Balaban J connectivity index is 1.91. The number of rotatable bonds is 7. The number of hydrogen-bond donors (Lipinski definition) is 1. The number of benzene rings is 2. The summed E-state index contributed by atoms with van der Waals surface area (Å²) in [4.78, 5) is 31.6. The highest BCUT2D eigenvalue weighted by Gasteiger charge is 2.33. The van der Waals surface area contributed by atoms with Gasteiger partial charge in [-0.05, 0) is 62.2 Å². The Morgan fingerprint density at radius 1 is 1.17 bits per heavy atom. The van der Waals surface area contributed by atoms with Crippen LogP contribution < -0.4 is 24.4 Å². The number of methoxy groups -OCH3 is 1. The van der Waals surface area contributed by atoms with Crippen molar-refractivity contribution < 1.29 is 24.1 Å². The Morgan fingerprint density at radius 2 is 1.91 bits per heavy atom. The summed E-state index contributed by atoms with van der Waals surface area (Å²) in [5.74, 6) is 0.519. The number of carbonyl (C=O) groups excluding carboxylic acids is 1. The van der Waals surface area contributed by atoms with E-state index in [-0.39, 0.29) is 17.9 Å². The van der Waals surface area contributed by atoms with Gasteiger partial charge in [0.25, 0.3) is 5.56 Å². The van der Waals surface area contributed by atoms with E-state index in [0.29, 0.717) is 44.3 Å². The molecule has 4 rings (SSSR count). The third-order valence-electron chi connectivity index (χ3n) is 5.53. The van der Waals surface area contributed by atoms with E-state index >= 15 is 0 Å². The molecule has 1 N–H and O–H groups in total. The van der Waals surface area contributed by atoms with Gasteiger partial charge in [0.05, 0.1) is 42.2 Å². The van der Waals surface area contributed by atoms with Gasteiger partial charge in [-0.2, -0.15) is 0 Å². The molecular formula is C26H26N2O6S. The van der Waals surface area contributed by atoms with E-state index in [1.165, 1.54) is 22.0 Å². The molecule has 1 atom stereocenters. The fraction of sp³-hybridized carbons (Fsp3) is 0.269. The predicted octanol–water partition coefficient (Wildman–Crippen LogP) is 2.91. The van der Waals surface area contributed by atoms with Crippen LogP contribution in [0.25, 0.3) is 6.08 Å². The summed E-state index contributed by atoms with van der Waals surface area (Å²) in [5.41, 5.74) is 1.97. The molecule has 1 aliphatic rings. The van der Waals surface area contributed by atoms with Crippen molar-refractivity contribution in [3.8, 4) is 17.2 Å². The Hall–Kier alpha value is -3.85. The molecule has 0 radical (unpaired) electrons. The summed E-state index contributed by atoms with van der Waals surface area (Å²) < 4.78 is 18.0. The van der Waals surface area contributed by atoms with Gasteiger partial charge in [-0.1, -0.05) is 29.5 Å². The lowest BCUT2D eigenvalue weighted by Gasteiger charge is -2.24. The molecule has 0 unspecified atom stereocenters. The molecule has 8 nitrogen and oxygen atoms in total. The minimum absolute atomic E-state index is 0.0275. The first-order valence-corrected chi connectivity index (χ1v) is 12.0. The van der Waals surface area contributed by atoms with Crippen molar-refractivity contribution in [2.24, 2.45) is 4.99 Å². The number of ether oxygens (including phenoxy) is 3. The van der Waals surface area contributed by atoms with Crippen molar-refractivity contribution >= 4 is 23.4 Å². The quantitative estimate of drug-likeness (QED) is 0.507. The van der Waals surface area contributed by atoms with Crippen LogP contribution in [0.3, 0.4) is 0 Å². The smallest absolute Gasteiger partial charge is 0.338 e. The number of aromatic hydroxyl groups is 1. The maximum Gasteiger partial charge on any atom is 0.338 e. The van der Waals surface area contributed by atoms with E-state index in [4.69, 9.17) is 14.2 Å². The van der Waals surface area contributed by atoms with Crippen LogP contribution in [0.15, 0.2) is 63.5 Å². The van der Waals surface area contributed by atoms with E-state index in [1.54, 1.807) is 51.3 Å². The van der Waals surface area contributed by atoms with Crippen LogP contribution in [0.1, 0.15) is 37.9 Å². The van der Waals surface area contributed by atoms with Gasteiger partial charge in [0.1, 0.15) is 5.75 Å². The molecular weight excluding hydrogens is 468 g/mol. The second kappa shape index (κ2) is 10.2. The Labute approximate surface area is 206 Å². The molecule has 0 amide bonds. The van der Waals surface area contributed by atoms with Crippen LogP contribution >= 0.6 is 11.3 Å². The lowest BCUT2D eigenvalue weighted by Crippen LogP contribution is -2.39. The average Bonchev–Trinajstić information content (AvgIpc) is 3.15. The van der Waals surface area contributed by atoms with Gasteiger partial charge in [-0.3, -0.25) is 9.36 Å². The topological polar surface area (TPSA) is 99.4 Å². The second-order valence-electron chi connectivity index (χ2n) is 7.74. The number of phenols is 1. The van der Waals surface area contributed by atoms with E-state index < -0.39 is 12.0 Å². The first-order valence-electron chi connectivity index (χ1n) is 11.2. The molecule has 3 aromatic rings.